The molecule has 0 spiro atoms. The molecule has 0 rings (SSSR count). The van der Waals surface area contributed by atoms with Crippen molar-refractivity contribution in [1.29, 1.82) is 0 Å². The lowest BCUT2D eigenvalue weighted by Gasteiger charge is -2.02. The van der Waals surface area contributed by atoms with Crippen LogP contribution in [0.2, 0.25) is 19.6 Å². The molecule has 0 bridgehead atoms. The van der Waals surface area contributed by atoms with E-state index in [1.807, 2.05) is 6.92 Å². The lowest BCUT2D eigenvalue weighted by atomic mass is 10.2. The van der Waals surface area contributed by atoms with Gasteiger partial charge in [0.25, 0.3) is 0 Å². The summed E-state index contributed by atoms with van der Waals surface area (Å²) in [6, 6.07) is 0. The summed E-state index contributed by atoms with van der Waals surface area (Å²) in [5.74, 6) is 9.15. The van der Waals surface area contributed by atoms with Crippen molar-refractivity contribution in [2.24, 2.45) is 0 Å². The second kappa shape index (κ2) is 5.92. The van der Waals surface area contributed by atoms with Crippen LogP contribution in [0.1, 0.15) is 26.2 Å². The van der Waals surface area contributed by atoms with Crippen LogP contribution in [-0.4, -0.2) is 8.07 Å². The van der Waals surface area contributed by atoms with Crippen molar-refractivity contribution in [3.05, 3.63) is 0 Å². The first-order valence-electron chi connectivity index (χ1n) is 4.46. The van der Waals surface area contributed by atoms with Gasteiger partial charge in [-0.3, -0.25) is 0 Å². The van der Waals surface area contributed by atoms with Gasteiger partial charge in [-0.15, -0.1) is 23.3 Å². The number of unbranched alkanes of at least 4 members (excludes halogenated alkanes) is 2. The van der Waals surface area contributed by atoms with Crippen molar-refractivity contribution in [3.8, 4) is 23.3 Å². The van der Waals surface area contributed by atoms with E-state index in [-0.39, 0.29) is 0 Å². The molecule has 0 aliphatic heterocycles. The summed E-state index contributed by atoms with van der Waals surface area (Å²) < 4.78 is 0. The maximum absolute atomic E-state index is 3.34. The lowest BCUT2D eigenvalue weighted by molar-refractivity contribution is 0.903. The van der Waals surface area contributed by atoms with Crippen molar-refractivity contribution >= 4 is 8.07 Å². The van der Waals surface area contributed by atoms with Gasteiger partial charge in [-0.1, -0.05) is 19.6 Å². The molecule has 0 N–H and O–H groups in total. The summed E-state index contributed by atoms with van der Waals surface area (Å²) in [5.41, 5.74) is 3.34. The van der Waals surface area contributed by atoms with Crippen molar-refractivity contribution in [2.75, 3.05) is 0 Å². The SMILES string of the molecule is CC#CCCCC#C[Si](C)(C)C. The second-order valence-corrected chi connectivity index (χ2v) is 8.58. The molecule has 0 saturated heterocycles. The van der Waals surface area contributed by atoms with Crippen molar-refractivity contribution in [1.82, 2.24) is 0 Å². The Labute approximate surface area is 77.8 Å². The fourth-order valence-corrected chi connectivity index (χ4v) is 1.37. The zero-order chi connectivity index (χ0) is 9.45. The van der Waals surface area contributed by atoms with Gasteiger partial charge in [0, 0.05) is 12.8 Å². The summed E-state index contributed by atoms with van der Waals surface area (Å²) >= 11 is 0. The largest absolute Gasteiger partial charge is 0.132 e. The predicted octanol–water partition coefficient (Wildman–Crippen LogP) is 3.06. The molecular weight excluding hydrogens is 160 g/mol. The molecule has 0 unspecified atom stereocenters. The highest BCUT2D eigenvalue weighted by Crippen LogP contribution is 1.98. The molecule has 66 valence electrons. The zero-order valence-corrected chi connectivity index (χ0v) is 9.62. The highest BCUT2D eigenvalue weighted by molar-refractivity contribution is 6.83. The second-order valence-electron chi connectivity index (χ2n) is 3.83. The van der Waals surface area contributed by atoms with E-state index in [2.05, 4.69) is 42.9 Å². The van der Waals surface area contributed by atoms with E-state index in [0.29, 0.717) is 0 Å². The first-order chi connectivity index (χ1) is 5.56. The average Bonchev–Trinajstić information content (AvgIpc) is 1.94. The molecule has 0 aromatic carbocycles. The van der Waals surface area contributed by atoms with Gasteiger partial charge < -0.3 is 0 Å². The van der Waals surface area contributed by atoms with Gasteiger partial charge in [0.2, 0.25) is 0 Å². The van der Waals surface area contributed by atoms with Crippen LogP contribution in [0.5, 0.6) is 0 Å². The minimum Gasteiger partial charge on any atom is -0.132 e. The zero-order valence-electron chi connectivity index (χ0n) is 8.62. The molecule has 0 fully saturated rings. The van der Waals surface area contributed by atoms with Crippen LogP contribution >= 0.6 is 0 Å². The van der Waals surface area contributed by atoms with E-state index in [1.165, 1.54) is 0 Å². The standard InChI is InChI=1S/C11H18Si/c1-5-6-7-8-9-10-11-12(2,3)4/h7-9H2,1-4H3. The van der Waals surface area contributed by atoms with Crippen molar-refractivity contribution < 1.29 is 0 Å². The van der Waals surface area contributed by atoms with Crippen LogP contribution in [0.15, 0.2) is 0 Å². The molecule has 0 atom stereocenters. The van der Waals surface area contributed by atoms with Gasteiger partial charge in [0.15, 0.2) is 0 Å². The van der Waals surface area contributed by atoms with E-state index in [9.17, 15) is 0 Å². The van der Waals surface area contributed by atoms with Crippen molar-refractivity contribution in [3.63, 3.8) is 0 Å². The monoisotopic (exact) mass is 178 g/mol. The highest BCUT2D eigenvalue weighted by Gasteiger charge is 2.06. The Kier molecular flexibility index (Phi) is 5.59. The predicted molar refractivity (Wildman–Crippen MR) is 58.4 cm³/mol. The van der Waals surface area contributed by atoms with E-state index in [4.69, 9.17) is 0 Å². The molecule has 0 saturated carbocycles. The summed E-state index contributed by atoms with van der Waals surface area (Å²) in [6.07, 6.45) is 3.13. The number of hydrogen-bond donors (Lipinski definition) is 0. The Morgan fingerprint density at radius 3 is 2.08 bits per heavy atom. The van der Waals surface area contributed by atoms with Crippen molar-refractivity contribution in [2.45, 2.75) is 45.8 Å². The van der Waals surface area contributed by atoms with Crippen LogP contribution in [0, 0.1) is 23.3 Å². The molecule has 0 radical (unpaired) electrons. The number of hydrogen-bond acceptors (Lipinski definition) is 0. The van der Waals surface area contributed by atoms with Gasteiger partial charge in [0.1, 0.15) is 8.07 Å². The minimum absolute atomic E-state index is 0.997. The molecular formula is C11H18Si. The van der Waals surface area contributed by atoms with Gasteiger partial charge in [-0.2, -0.15) is 0 Å². The van der Waals surface area contributed by atoms with Crippen LogP contribution in [-0.2, 0) is 0 Å². The van der Waals surface area contributed by atoms with Gasteiger partial charge in [-0.25, -0.2) is 0 Å². The molecule has 0 heterocycles. The third-order valence-electron chi connectivity index (χ3n) is 1.24. The van der Waals surface area contributed by atoms with Crippen LogP contribution < -0.4 is 0 Å². The highest BCUT2D eigenvalue weighted by atomic mass is 28.3. The fraction of sp³-hybridized carbons (Fsp3) is 0.636. The third-order valence-corrected chi connectivity index (χ3v) is 2.17. The van der Waals surface area contributed by atoms with Crippen LogP contribution in [0.25, 0.3) is 0 Å². The third kappa shape index (κ3) is 9.34. The Hall–Kier alpha value is -0.663. The summed E-state index contributed by atoms with van der Waals surface area (Å²) in [7, 11) is -1.12. The van der Waals surface area contributed by atoms with E-state index < -0.39 is 8.07 Å². The van der Waals surface area contributed by atoms with E-state index in [0.717, 1.165) is 19.3 Å². The molecule has 0 amide bonds. The van der Waals surface area contributed by atoms with Gasteiger partial charge in [-0.05, 0) is 13.3 Å². The molecule has 0 nitrogen and oxygen atoms in total. The fourth-order valence-electron chi connectivity index (χ4n) is 0.718. The molecule has 0 aromatic rings. The van der Waals surface area contributed by atoms with Gasteiger partial charge in [0.05, 0.1) is 0 Å². The van der Waals surface area contributed by atoms with E-state index in [1.54, 1.807) is 0 Å². The topological polar surface area (TPSA) is 0 Å². The van der Waals surface area contributed by atoms with Gasteiger partial charge >= 0.3 is 0 Å². The quantitative estimate of drug-likeness (QED) is 0.346. The molecule has 1 heteroatoms. The minimum atomic E-state index is -1.12. The molecule has 0 aromatic heterocycles. The Bertz CT molecular complexity index is 224. The smallest absolute Gasteiger partial charge is 0.129 e. The Morgan fingerprint density at radius 2 is 1.58 bits per heavy atom. The normalized spacial score (nSPS) is 9.33. The van der Waals surface area contributed by atoms with Crippen LogP contribution in [0.3, 0.4) is 0 Å². The van der Waals surface area contributed by atoms with E-state index >= 15 is 0 Å². The molecule has 0 aliphatic rings. The summed E-state index contributed by atoms with van der Waals surface area (Å²) in [5, 5.41) is 0. The first kappa shape index (κ1) is 11.3. The number of rotatable bonds is 2. The Morgan fingerprint density at radius 1 is 1.00 bits per heavy atom. The molecule has 12 heavy (non-hydrogen) atoms. The Balaban J connectivity index is 3.51. The maximum atomic E-state index is 3.34. The summed E-state index contributed by atoms with van der Waals surface area (Å²) in [6.45, 7) is 8.69. The first-order valence-corrected chi connectivity index (χ1v) is 7.96. The maximum Gasteiger partial charge on any atom is 0.129 e. The van der Waals surface area contributed by atoms with Crippen LogP contribution in [0.4, 0.5) is 0 Å². The lowest BCUT2D eigenvalue weighted by Crippen LogP contribution is -2.16. The molecule has 0 aliphatic carbocycles. The average molecular weight is 178 g/mol. The summed E-state index contributed by atoms with van der Waals surface area (Å²) in [4.78, 5) is 0.